The number of amides is 1. The number of ether oxygens (including phenoxy) is 1. The Morgan fingerprint density at radius 1 is 1.30 bits per heavy atom. The SMILES string of the molecule is C=CCOC(=O)c1sc(NC(=O)Cc2noc3cc(C)c(C)cc23)nc1C. The second-order valence-corrected chi connectivity index (χ2v) is 7.11. The zero-order valence-corrected chi connectivity index (χ0v) is 16.1. The second kappa shape index (κ2) is 7.71. The number of rotatable bonds is 6. The highest BCUT2D eigenvalue weighted by molar-refractivity contribution is 7.17. The van der Waals surface area contributed by atoms with Gasteiger partial charge in [0.25, 0.3) is 0 Å². The average molecular weight is 385 g/mol. The van der Waals surface area contributed by atoms with Gasteiger partial charge < -0.3 is 14.6 Å². The van der Waals surface area contributed by atoms with Gasteiger partial charge in [-0.25, -0.2) is 9.78 Å². The summed E-state index contributed by atoms with van der Waals surface area (Å²) in [5, 5.41) is 7.86. The molecule has 8 heteroatoms. The van der Waals surface area contributed by atoms with Crippen LogP contribution in [0.2, 0.25) is 0 Å². The highest BCUT2D eigenvalue weighted by Crippen LogP contribution is 2.25. The monoisotopic (exact) mass is 385 g/mol. The van der Waals surface area contributed by atoms with Gasteiger partial charge in [0.2, 0.25) is 5.91 Å². The molecule has 7 nitrogen and oxygen atoms in total. The number of aromatic nitrogens is 2. The number of carbonyl (C=O) groups is 2. The van der Waals surface area contributed by atoms with Gasteiger partial charge >= 0.3 is 5.97 Å². The van der Waals surface area contributed by atoms with Crippen LogP contribution in [0, 0.1) is 20.8 Å². The number of carbonyl (C=O) groups excluding carboxylic acids is 2. The molecule has 3 rings (SSSR count). The first kappa shape index (κ1) is 18.8. The first-order valence-electron chi connectivity index (χ1n) is 8.30. The third-order valence-corrected chi connectivity index (χ3v) is 5.10. The molecule has 0 saturated carbocycles. The van der Waals surface area contributed by atoms with E-state index in [4.69, 9.17) is 9.26 Å². The predicted molar refractivity (Wildman–Crippen MR) is 103 cm³/mol. The Kier molecular flexibility index (Phi) is 5.36. The Morgan fingerprint density at radius 2 is 2.04 bits per heavy atom. The van der Waals surface area contributed by atoms with Crippen molar-refractivity contribution in [3.63, 3.8) is 0 Å². The molecule has 0 fully saturated rings. The van der Waals surface area contributed by atoms with E-state index in [2.05, 4.69) is 22.0 Å². The number of fused-ring (bicyclic) bond motifs is 1. The zero-order chi connectivity index (χ0) is 19.6. The van der Waals surface area contributed by atoms with Crippen molar-refractivity contribution in [2.75, 3.05) is 11.9 Å². The van der Waals surface area contributed by atoms with E-state index in [0.717, 1.165) is 27.8 Å². The molecular weight excluding hydrogens is 366 g/mol. The van der Waals surface area contributed by atoms with Crippen LogP contribution < -0.4 is 5.32 Å². The van der Waals surface area contributed by atoms with Gasteiger partial charge in [0.1, 0.15) is 17.2 Å². The number of thiazole rings is 1. The van der Waals surface area contributed by atoms with Crippen LogP contribution in [0.3, 0.4) is 0 Å². The molecule has 27 heavy (non-hydrogen) atoms. The smallest absolute Gasteiger partial charge is 0.350 e. The predicted octanol–water partition coefficient (Wildman–Crippen LogP) is 3.73. The highest BCUT2D eigenvalue weighted by atomic mass is 32.1. The lowest BCUT2D eigenvalue weighted by atomic mass is 10.1. The van der Waals surface area contributed by atoms with E-state index < -0.39 is 5.97 Å². The fourth-order valence-corrected chi connectivity index (χ4v) is 3.40. The molecule has 0 bridgehead atoms. The lowest BCUT2D eigenvalue weighted by molar-refractivity contribution is -0.115. The number of anilines is 1. The molecule has 0 atom stereocenters. The maximum atomic E-state index is 12.4. The van der Waals surface area contributed by atoms with Gasteiger partial charge in [-0.05, 0) is 44.0 Å². The van der Waals surface area contributed by atoms with Gasteiger partial charge in [0.15, 0.2) is 10.7 Å². The van der Waals surface area contributed by atoms with E-state index in [0.29, 0.717) is 27.0 Å². The molecule has 0 aliphatic heterocycles. The van der Waals surface area contributed by atoms with E-state index in [1.807, 2.05) is 26.0 Å². The molecular formula is C19H19N3O4S. The largest absolute Gasteiger partial charge is 0.457 e. The Balaban J connectivity index is 1.72. The summed E-state index contributed by atoms with van der Waals surface area (Å²) in [6.45, 7) is 9.30. The van der Waals surface area contributed by atoms with E-state index in [1.54, 1.807) is 6.92 Å². The Hall–Kier alpha value is -3.00. The summed E-state index contributed by atoms with van der Waals surface area (Å²) in [5.74, 6) is -0.776. The van der Waals surface area contributed by atoms with E-state index in [9.17, 15) is 9.59 Å². The van der Waals surface area contributed by atoms with Crippen LogP contribution in [0.5, 0.6) is 0 Å². The number of aryl methyl sites for hydroxylation is 3. The van der Waals surface area contributed by atoms with Crippen molar-refractivity contribution in [2.24, 2.45) is 0 Å². The van der Waals surface area contributed by atoms with E-state index in [-0.39, 0.29) is 18.9 Å². The minimum absolute atomic E-state index is 0.0460. The third kappa shape index (κ3) is 4.06. The maximum Gasteiger partial charge on any atom is 0.350 e. The van der Waals surface area contributed by atoms with Crippen LogP contribution in [-0.2, 0) is 16.0 Å². The summed E-state index contributed by atoms with van der Waals surface area (Å²) in [5.41, 5.74) is 3.92. The molecule has 3 aromatic rings. The summed E-state index contributed by atoms with van der Waals surface area (Å²) in [7, 11) is 0. The van der Waals surface area contributed by atoms with Crippen molar-refractivity contribution in [3.05, 3.63) is 52.2 Å². The molecule has 0 aliphatic rings. The summed E-state index contributed by atoms with van der Waals surface area (Å²) in [6, 6.07) is 3.87. The molecule has 2 heterocycles. The normalized spacial score (nSPS) is 10.8. The maximum absolute atomic E-state index is 12.4. The fraction of sp³-hybridized carbons (Fsp3) is 0.263. The van der Waals surface area contributed by atoms with Gasteiger partial charge in [-0.2, -0.15) is 0 Å². The van der Waals surface area contributed by atoms with Gasteiger partial charge in [0.05, 0.1) is 12.1 Å². The lowest BCUT2D eigenvalue weighted by Crippen LogP contribution is -2.14. The van der Waals surface area contributed by atoms with Gasteiger partial charge in [-0.15, -0.1) is 0 Å². The first-order valence-corrected chi connectivity index (χ1v) is 9.11. The highest BCUT2D eigenvalue weighted by Gasteiger charge is 2.19. The topological polar surface area (TPSA) is 94.3 Å². The number of hydrogen-bond acceptors (Lipinski definition) is 7. The van der Waals surface area contributed by atoms with Crippen molar-refractivity contribution in [3.8, 4) is 0 Å². The first-order chi connectivity index (χ1) is 12.9. The molecule has 1 amide bonds. The third-order valence-electron chi connectivity index (χ3n) is 4.05. The molecule has 140 valence electrons. The molecule has 2 aromatic heterocycles. The van der Waals surface area contributed by atoms with Crippen molar-refractivity contribution < 1.29 is 18.8 Å². The van der Waals surface area contributed by atoms with Gasteiger partial charge in [0, 0.05) is 5.39 Å². The molecule has 0 unspecified atom stereocenters. The summed E-state index contributed by atoms with van der Waals surface area (Å²) in [6.07, 6.45) is 1.53. The van der Waals surface area contributed by atoms with Crippen molar-refractivity contribution in [2.45, 2.75) is 27.2 Å². The van der Waals surface area contributed by atoms with Crippen molar-refractivity contribution in [1.29, 1.82) is 0 Å². The van der Waals surface area contributed by atoms with Crippen LogP contribution in [0.15, 0.2) is 29.3 Å². The van der Waals surface area contributed by atoms with E-state index in [1.165, 1.54) is 6.08 Å². The fourth-order valence-electron chi connectivity index (χ4n) is 2.53. The van der Waals surface area contributed by atoms with Crippen LogP contribution in [-0.4, -0.2) is 28.6 Å². The summed E-state index contributed by atoms with van der Waals surface area (Å²) < 4.78 is 10.3. The number of benzene rings is 1. The second-order valence-electron chi connectivity index (χ2n) is 6.11. The number of hydrogen-bond donors (Lipinski definition) is 1. The molecule has 0 aliphatic carbocycles. The van der Waals surface area contributed by atoms with Crippen molar-refractivity contribution in [1.82, 2.24) is 10.1 Å². The van der Waals surface area contributed by atoms with Crippen LogP contribution in [0.1, 0.15) is 32.2 Å². The molecule has 0 saturated heterocycles. The zero-order valence-electron chi connectivity index (χ0n) is 15.3. The quantitative estimate of drug-likeness (QED) is 0.513. The molecule has 0 spiro atoms. The van der Waals surface area contributed by atoms with Gasteiger partial charge in [-0.3, -0.25) is 4.79 Å². The lowest BCUT2D eigenvalue weighted by Gasteiger charge is -2.01. The summed E-state index contributed by atoms with van der Waals surface area (Å²) >= 11 is 1.07. The Labute approximate surface area is 160 Å². The standard InChI is InChI=1S/C19H19N3O4S/c1-5-6-25-18(24)17-12(4)20-19(27-17)21-16(23)9-14-13-7-10(2)11(3)8-15(13)26-22-14/h5,7-8H,1,6,9H2,2-4H3,(H,20,21,23). The van der Waals surface area contributed by atoms with Gasteiger partial charge in [-0.1, -0.05) is 29.1 Å². The van der Waals surface area contributed by atoms with E-state index >= 15 is 0 Å². The number of nitrogens with zero attached hydrogens (tertiary/aromatic N) is 2. The molecule has 1 aromatic carbocycles. The molecule has 1 N–H and O–H groups in total. The average Bonchev–Trinajstić information content (AvgIpc) is 3.16. The Morgan fingerprint density at radius 3 is 2.78 bits per heavy atom. The Bertz CT molecular complexity index is 1040. The summed E-state index contributed by atoms with van der Waals surface area (Å²) in [4.78, 5) is 28.9. The minimum atomic E-state index is -0.487. The number of esters is 1. The van der Waals surface area contributed by atoms with Crippen LogP contribution in [0.25, 0.3) is 11.0 Å². The van der Waals surface area contributed by atoms with Crippen molar-refractivity contribution >= 4 is 39.3 Å². The minimum Gasteiger partial charge on any atom is -0.457 e. The molecule has 0 radical (unpaired) electrons. The van der Waals surface area contributed by atoms with Crippen LogP contribution in [0.4, 0.5) is 5.13 Å². The number of nitrogens with one attached hydrogen (secondary N) is 1. The van der Waals surface area contributed by atoms with Crippen LogP contribution >= 0.6 is 11.3 Å².